The second kappa shape index (κ2) is 5.42. The lowest BCUT2D eigenvalue weighted by molar-refractivity contribution is -0.146. The molecule has 1 unspecified atom stereocenters. The van der Waals surface area contributed by atoms with Crippen LogP contribution >= 0.6 is 23.2 Å². The minimum Gasteiger partial charge on any atom is -0.481 e. The lowest BCUT2D eigenvalue weighted by atomic mass is 9.71. The van der Waals surface area contributed by atoms with E-state index in [2.05, 4.69) is 5.32 Å². The van der Waals surface area contributed by atoms with Crippen LogP contribution in [0.5, 0.6) is 0 Å². The maximum atomic E-state index is 12.2. The van der Waals surface area contributed by atoms with Crippen LogP contribution < -0.4 is 5.32 Å². The van der Waals surface area contributed by atoms with Gasteiger partial charge in [0, 0.05) is 6.42 Å². The number of nitrogens with one attached hydrogen (secondary N) is 1. The van der Waals surface area contributed by atoms with E-state index >= 15 is 0 Å². The molecule has 0 bridgehead atoms. The maximum absolute atomic E-state index is 12.2. The van der Waals surface area contributed by atoms with Crippen molar-refractivity contribution in [3.63, 3.8) is 0 Å². The number of aliphatic carboxylic acids is 1. The normalized spacial score (nSPS) is 22.5. The summed E-state index contributed by atoms with van der Waals surface area (Å²) in [6, 6.07) is 4.54. The number of amides is 2. The Morgan fingerprint density at radius 1 is 1.30 bits per heavy atom. The van der Waals surface area contributed by atoms with Crippen molar-refractivity contribution in [3.8, 4) is 0 Å². The van der Waals surface area contributed by atoms with Crippen molar-refractivity contribution in [3.05, 3.63) is 33.8 Å². The molecule has 2 rings (SSSR count). The van der Waals surface area contributed by atoms with Crippen molar-refractivity contribution in [2.45, 2.75) is 24.7 Å². The van der Waals surface area contributed by atoms with Gasteiger partial charge in [0.2, 0.25) is 11.8 Å². The van der Waals surface area contributed by atoms with Gasteiger partial charge >= 0.3 is 5.97 Å². The van der Waals surface area contributed by atoms with E-state index in [9.17, 15) is 14.4 Å². The van der Waals surface area contributed by atoms with Gasteiger partial charge in [-0.1, -0.05) is 29.3 Å². The summed E-state index contributed by atoms with van der Waals surface area (Å²) in [6.45, 7) is 0. The third kappa shape index (κ3) is 2.64. The Labute approximate surface area is 124 Å². The molecule has 1 saturated heterocycles. The average Bonchev–Trinajstić information content (AvgIpc) is 2.36. The Bertz CT molecular complexity index is 602. The van der Waals surface area contributed by atoms with Crippen molar-refractivity contribution in [2.24, 2.45) is 0 Å². The number of carbonyl (C=O) groups excluding carboxylic acids is 2. The highest BCUT2D eigenvalue weighted by atomic mass is 35.5. The zero-order chi connectivity index (χ0) is 14.9. The first kappa shape index (κ1) is 14.8. The fraction of sp³-hybridized carbons (Fsp3) is 0.308. The van der Waals surface area contributed by atoms with Gasteiger partial charge < -0.3 is 5.11 Å². The number of halogens is 2. The number of benzene rings is 1. The largest absolute Gasteiger partial charge is 0.481 e. The van der Waals surface area contributed by atoms with Crippen molar-refractivity contribution in [2.75, 3.05) is 0 Å². The summed E-state index contributed by atoms with van der Waals surface area (Å²) >= 11 is 11.8. The quantitative estimate of drug-likeness (QED) is 0.837. The lowest BCUT2D eigenvalue weighted by Gasteiger charge is -2.34. The van der Waals surface area contributed by atoms with Crippen LogP contribution in [0, 0.1) is 0 Å². The molecule has 5 nitrogen and oxygen atoms in total. The predicted molar refractivity (Wildman–Crippen MR) is 72.8 cm³/mol. The molecule has 2 amide bonds. The summed E-state index contributed by atoms with van der Waals surface area (Å²) in [5.74, 6) is -2.15. The van der Waals surface area contributed by atoms with Crippen LogP contribution in [0.4, 0.5) is 0 Å². The van der Waals surface area contributed by atoms with Crippen LogP contribution in [0.15, 0.2) is 18.2 Å². The fourth-order valence-electron chi connectivity index (χ4n) is 2.35. The number of imide groups is 1. The zero-order valence-corrected chi connectivity index (χ0v) is 11.8. The molecule has 1 aliphatic rings. The molecule has 1 heterocycles. The van der Waals surface area contributed by atoms with E-state index in [0.717, 1.165) is 0 Å². The molecule has 7 heteroatoms. The Morgan fingerprint density at radius 3 is 2.55 bits per heavy atom. The maximum Gasteiger partial charge on any atom is 0.304 e. The van der Waals surface area contributed by atoms with Gasteiger partial charge in [-0.05, 0) is 24.1 Å². The van der Waals surface area contributed by atoms with Gasteiger partial charge in [0.25, 0.3) is 0 Å². The molecule has 1 aromatic rings. The molecular weight excluding hydrogens is 305 g/mol. The molecule has 0 saturated carbocycles. The van der Waals surface area contributed by atoms with E-state index in [1.54, 1.807) is 6.07 Å². The third-order valence-electron chi connectivity index (χ3n) is 3.39. The summed E-state index contributed by atoms with van der Waals surface area (Å²) in [6.07, 6.45) is -0.203. The van der Waals surface area contributed by atoms with Crippen LogP contribution in [-0.4, -0.2) is 22.9 Å². The van der Waals surface area contributed by atoms with Gasteiger partial charge in [0.05, 0.1) is 21.9 Å². The Balaban J connectivity index is 2.51. The molecule has 1 aromatic carbocycles. The summed E-state index contributed by atoms with van der Waals surface area (Å²) in [5.41, 5.74) is -0.854. The minimum atomic E-state index is -1.30. The number of carboxylic acid groups (broad SMARTS) is 1. The van der Waals surface area contributed by atoms with Crippen molar-refractivity contribution in [1.29, 1.82) is 0 Å². The Kier molecular flexibility index (Phi) is 4.01. The lowest BCUT2D eigenvalue weighted by Crippen LogP contribution is -2.52. The first-order valence-electron chi connectivity index (χ1n) is 5.87. The molecule has 0 aromatic heterocycles. The Morgan fingerprint density at radius 2 is 2.00 bits per heavy atom. The van der Waals surface area contributed by atoms with Crippen LogP contribution in [0.25, 0.3) is 0 Å². The van der Waals surface area contributed by atoms with E-state index in [4.69, 9.17) is 28.3 Å². The zero-order valence-electron chi connectivity index (χ0n) is 10.3. The van der Waals surface area contributed by atoms with Gasteiger partial charge in [-0.25, -0.2) is 0 Å². The highest BCUT2D eigenvalue weighted by Crippen LogP contribution is 2.38. The van der Waals surface area contributed by atoms with E-state index in [0.29, 0.717) is 10.6 Å². The fourth-order valence-corrected chi connectivity index (χ4v) is 2.65. The minimum absolute atomic E-state index is 0.0826. The van der Waals surface area contributed by atoms with Crippen LogP contribution in [-0.2, 0) is 19.8 Å². The Hall–Kier alpha value is -1.59. The van der Waals surface area contributed by atoms with E-state index in [1.807, 2.05) is 0 Å². The number of hydrogen-bond acceptors (Lipinski definition) is 3. The van der Waals surface area contributed by atoms with Crippen molar-refractivity contribution < 1.29 is 19.5 Å². The van der Waals surface area contributed by atoms with E-state index < -0.39 is 29.6 Å². The monoisotopic (exact) mass is 315 g/mol. The van der Waals surface area contributed by atoms with E-state index in [1.165, 1.54) is 12.1 Å². The highest BCUT2D eigenvalue weighted by molar-refractivity contribution is 6.42. The average molecular weight is 316 g/mol. The first-order valence-corrected chi connectivity index (χ1v) is 6.62. The standard InChI is InChI=1S/C13H11Cl2NO4/c14-8-2-1-7(5-9(8)15)13(6-11(18)19)4-3-10(17)16-12(13)20/h1-2,5H,3-4,6H2,(H,18,19)(H,16,17,20). The highest BCUT2D eigenvalue weighted by Gasteiger charge is 2.46. The molecule has 0 radical (unpaired) electrons. The summed E-state index contributed by atoms with van der Waals surface area (Å²) in [4.78, 5) is 34.6. The SMILES string of the molecule is O=C(O)CC1(c2ccc(Cl)c(Cl)c2)CCC(=O)NC1=O. The van der Waals surface area contributed by atoms with Crippen molar-refractivity contribution in [1.82, 2.24) is 5.32 Å². The smallest absolute Gasteiger partial charge is 0.304 e. The number of hydrogen-bond donors (Lipinski definition) is 2. The second-order valence-corrected chi connectivity index (χ2v) is 5.47. The number of carbonyl (C=O) groups is 3. The van der Waals surface area contributed by atoms with Crippen molar-refractivity contribution >= 4 is 41.0 Å². The molecular formula is C13H11Cl2NO4. The summed E-state index contributed by atoms with van der Waals surface area (Å²) in [5, 5.41) is 11.8. The molecule has 1 aliphatic heterocycles. The molecule has 0 aliphatic carbocycles. The molecule has 106 valence electrons. The molecule has 20 heavy (non-hydrogen) atoms. The summed E-state index contributed by atoms with van der Waals surface area (Å²) in [7, 11) is 0. The summed E-state index contributed by atoms with van der Waals surface area (Å²) < 4.78 is 0. The van der Waals surface area contributed by atoms with Gasteiger partial charge in [0.15, 0.2) is 0 Å². The number of carboxylic acids is 1. The van der Waals surface area contributed by atoms with Gasteiger partial charge in [0.1, 0.15) is 0 Å². The molecule has 1 fully saturated rings. The first-order chi connectivity index (χ1) is 9.35. The second-order valence-electron chi connectivity index (χ2n) is 4.66. The number of rotatable bonds is 3. The van der Waals surface area contributed by atoms with Gasteiger partial charge in [-0.3, -0.25) is 19.7 Å². The van der Waals surface area contributed by atoms with Gasteiger partial charge in [-0.2, -0.15) is 0 Å². The predicted octanol–water partition coefficient (Wildman–Crippen LogP) is 2.14. The van der Waals surface area contributed by atoms with Crippen LogP contribution in [0.1, 0.15) is 24.8 Å². The van der Waals surface area contributed by atoms with Crippen LogP contribution in [0.2, 0.25) is 10.0 Å². The molecule has 1 atom stereocenters. The molecule has 2 N–H and O–H groups in total. The van der Waals surface area contributed by atoms with Crippen LogP contribution in [0.3, 0.4) is 0 Å². The third-order valence-corrected chi connectivity index (χ3v) is 4.13. The molecule has 0 spiro atoms. The van der Waals surface area contributed by atoms with Gasteiger partial charge in [-0.15, -0.1) is 0 Å². The number of piperidine rings is 1. The van der Waals surface area contributed by atoms with E-state index in [-0.39, 0.29) is 17.9 Å². The topological polar surface area (TPSA) is 83.5 Å².